The Hall–Kier alpha value is -4.25. The summed E-state index contributed by atoms with van der Waals surface area (Å²) in [5.74, 6) is -1.17. The fourth-order valence-electron chi connectivity index (χ4n) is 3.36. The number of amides is 2. The van der Waals surface area contributed by atoms with Crippen LogP contribution in [-0.4, -0.2) is 44.0 Å². The number of rotatable bonds is 11. The maximum atomic E-state index is 12.7. The first-order valence-electron chi connectivity index (χ1n) is 12.1. The largest absolute Gasteiger partial charge is 0.515 e. The van der Waals surface area contributed by atoms with Gasteiger partial charge in [-0.1, -0.05) is 44.2 Å². The first kappa shape index (κ1) is 28.3. The lowest BCUT2D eigenvalue weighted by molar-refractivity contribution is 0.0538. The highest BCUT2D eigenvalue weighted by Gasteiger charge is 2.20. The Kier molecular flexibility index (Phi) is 9.94. The molecule has 2 amide bonds. The van der Waals surface area contributed by atoms with E-state index in [-0.39, 0.29) is 28.4 Å². The maximum absolute atomic E-state index is 12.7. The number of nitrogens with zero attached hydrogens (tertiary/aromatic N) is 1. The Morgan fingerprint density at radius 2 is 1.55 bits per heavy atom. The SMILES string of the molecule is CCC(CC)OC(=O)Oc1ccc(C(=O)NS(=O)(=O)c2ccc(CCNC(=O)c3ccccc3)cc2)cn1. The lowest BCUT2D eigenvalue weighted by atomic mass is 10.1. The Bertz CT molecular complexity index is 1340. The van der Waals surface area contributed by atoms with Gasteiger partial charge in [0.1, 0.15) is 6.10 Å². The monoisotopic (exact) mass is 539 g/mol. The van der Waals surface area contributed by atoms with Gasteiger partial charge in [-0.25, -0.2) is 22.9 Å². The standard InChI is InChI=1S/C27H29N3O7S/c1-3-22(4-2)36-27(33)37-24-15-12-21(18-29-24)26(32)30-38(34,35)23-13-10-19(11-14-23)16-17-28-25(31)20-8-6-5-7-9-20/h5-15,18,22H,3-4,16-17H2,1-2H3,(H,28,31)(H,30,32). The molecule has 0 aliphatic rings. The number of pyridine rings is 1. The van der Waals surface area contributed by atoms with Gasteiger partial charge in [0.25, 0.3) is 21.8 Å². The third kappa shape index (κ3) is 8.13. The summed E-state index contributed by atoms with van der Waals surface area (Å²) >= 11 is 0. The number of carbonyl (C=O) groups excluding carboxylic acids is 3. The predicted octanol–water partition coefficient (Wildman–Crippen LogP) is 3.88. The summed E-state index contributed by atoms with van der Waals surface area (Å²) in [6.07, 6.45) is 1.69. The zero-order valence-corrected chi connectivity index (χ0v) is 21.9. The third-order valence-corrected chi connectivity index (χ3v) is 6.90. The van der Waals surface area contributed by atoms with Crippen LogP contribution in [0, 0.1) is 0 Å². The second-order valence-corrected chi connectivity index (χ2v) is 9.93. The number of hydrogen-bond acceptors (Lipinski definition) is 8. The fraction of sp³-hybridized carbons (Fsp3) is 0.259. The van der Waals surface area contributed by atoms with Crippen molar-refractivity contribution in [2.75, 3.05) is 6.54 Å². The van der Waals surface area contributed by atoms with E-state index in [2.05, 4.69) is 10.3 Å². The molecule has 0 bridgehead atoms. The first-order valence-corrected chi connectivity index (χ1v) is 13.5. The normalized spacial score (nSPS) is 11.0. The van der Waals surface area contributed by atoms with E-state index in [9.17, 15) is 22.8 Å². The summed E-state index contributed by atoms with van der Waals surface area (Å²) in [7, 11) is -4.15. The number of carbonyl (C=O) groups is 3. The molecule has 10 nitrogen and oxygen atoms in total. The highest BCUT2D eigenvalue weighted by atomic mass is 32.2. The van der Waals surface area contributed by atoms with E-state index in [1.165, 1.54) is 24.3 Å². The molecule has 38 heavy (non-hydrogen) atoms. The predicted molar refractivity (Wildman–Crippen MR) is 139 cm³/mol. The van der Waals surface area contributed by atoms with Crippen molar-refractivity contribution in [1.29, 1.82) is 0 Å². The van der Waals surface area contributed by atoms with Crippen LogP contribution in [0.15, 0.2) is 77.8 Å². The lowest BCUT2D eigenvalue weighted by Crippen LogP contribution is -2.30. The molecule has 0 aliphatic carbocycles. The van der Waals surface area contributed by atoms with Crippen LogP contribution in [0.3, 0.4) is 0 Å². The maximum Gasteiger partial charge on any atom is 0.515 e. The van der Waals surface area contributed by atoms with Gasteiger partial charge in [0.2, 0.25) is 5.88 Å². The Labute approximate surface area is 221 Å². The van der Waals surface area contributed by atoms with Gasteiger partial charge in [-0.3, -0.25) is 9.59 Å². The molecule has 1 heterocycles. The molecule has 11 heteroatoms. The first-order chi connectivity index (χ1) is 18.2. The molecule has 3 aromatic rings. The molecule has 0 atom stereocenters. The Morgan fingerprint density at radius 3 is 2.16 bits per heavy atom. The molecule has 0 saturated heterocycles. The highest BCUT2D eigenvalue weighted by Crippen LogP contribution is 2.14. The number of aromatic nitrogens is 1. The molecule has 0 aliphatic heterocycles. The minimum atomic E-state index is -4.15. The number of hydrogen-bond donors (Lipinski definition) is 2. The van der Waals surface area contributed by atoms with Gasteiger partial charge in [-0.05, 0) is 55.2 Å². The fourth-order valence-corrected chi connectivity index (χ4v) is 4.34. The van der Waals surface area contributed by atoms with E-state index < -0.39 is 22.1 Å². The summed E-state index contributed by atoms with van der Waals surface area (Å²) in [6, 6.07) is 17.3. The average molecular weight is 540 g/mol. The molecule has 0 unspecified atom stereocenters. The minimum Gasteiger partial charge on any atom is -0.431 e. The molecular formula is C27H29N3O7S. The molecule has 0 spiro atoms. The van der Waals surface area contributed by atoms with E-state index >= 15 is 0 Å². The van der Waals surface area contributed by atoms with Crippen molar-refractivity contribution in [3.63, 3.8) is 0 Å². The van der Waals surface area contributed by atoms with Crippen LogP contribution in [0.25, 0.3) is 0 Å². The van der Waals surface area contributed by atoms with Crippen LogP contribution in [0.2, 0.25) is 0 Å². The molecule has 2 aromatic carbocycles. The quantitative estimate of drug-likeness (QED) is 0.350. The van der Waals surface area contributed by atoms with Crippen molar-refractivity contribution in [2.24, 2.45) is 0 Å². The molecule has 0 radical (unpaired) electrons. The molecule has 2 N–H and O–H groups in total. The van der Waals surface area contributed by atoms with E-state index in [0.717, 1.165) is 11.8 Å². The molecule has 0 fully saturated rings. The van der Waals surface area contributed by atoms with Gasteiger partial charge in [0, 0.05) is 24.4 Å². The van der Waals surface area contributed by atoms with E-state index in [1.54, 1.807) is 36.4 Å². The summed E-state index contributed by atoms with van der Waals surface area (Å²) in [4.78, 5) is 40.2. The number of benzene rings is 2. The van der Waals surface area contributed by atoms with Crippen molar-refractivity contribution < 1.29 is 32.3 Å². The lowest BCUT2D eigenvalue weighted by Gasteiger charge is -2.13. The van der Waals surface area contributed by atoms with Crippen molar-refractivity contribution in [1.82, 2.24) is 15.0 Å². The topological polar surface area (TPSA) is 141 Å². The Morgan fingerprint density at radius 1 is 0.868 bits per heavy atom. The second-order valence-electron chi connectivity index (χ2n) is 8.24. The zero-order chi connectivity index (χ0) is 27.5. The summed E-state index contributed by atoms with van der Waals surface area (Å²) in [6.45, 7) is 4.13. The van der Waals surface area contributed by atoms with Gasteiger partial charge in [-0.2, -0.15) is 0 Å². The minimum absolute atomic E-state index is 0.0416. The molecule has 3 rings (SSSR count). The van der Waals surface area contributed by atoms with Crippen molar-refractivity contribution in [3.8, 4) is 5.88 Å². The van der Waals surface area contributed by atoms with Crippen LogP contribution in [0.5, 0.6) is 5.88 Å². The van der Waals surface area contributed by atoms with Crippen LogP contribution >= 0.6 is 0 Å². The highest BCUT2D eigenvalue weighted by molar-refractivity contribution is 7.90. The molecule has 0 saturated carbocycles. The van der Waals surface area contributed by atoms with Gasteiger partial charge in [0.05, 0.1) is 10.5 Å². The van der Waals surface area contributed by atoms with Crippen LogP contribution in [0.4, 0.5) is 4.79 Å². The summed E-state index contributed by atoms with van der Waals surface area (Å²) in [5.41, 5.74) is 1.33. The van der Waals surface area contributed by atoms with Gasteiger partial charge >= 0.3 is 6.16 Å². The van der Waals surface area contributed by atoms with Gasteiger partial charge < -0.3 is 14.8 Å². The van der Waals surface area contributed by atoms with Gasteiger partial charge in [0.15, 0.2) is 0 Å². The van der Waals surface area contributed by atoms with E-state index in [0.29, 0.717) is 31.4 Å². The smallest absolute Gasteiger partial charge is 0.431 e. The zero-order valence-electron chi connectivity index (χ0n) is 21.0. The number of nitrogens with one attached hydrogen (secondary N) is 2. The van der Waals surface area contributed by atoms with E-state index in [4.69, 9.17) is 9.47 Å². The van der Waals surface area contributed by atoms with Crippen molar-refractivity contribution in [3.05, 3.63) is 89.6 Å². The van der Waals surface area contributed by atoms with E-state index in [1.807, 2.05) is 24.6 Å². The van der Waals surface area contributed by atoms with Crippen molar-refractivity contribution >= 4 is 28.0 Å². The molecule has 200 valence electrons. The van der Waals surface area contributed by atoms with Crippen LogP contribution in [-0.2, 0) is 21.2 Å². The van der Waals surface area contributed by atoms with Crippen molar-refractivity contribution in [2.45, 2.75) is 44.1 Å². The summed E-state index contributed by atoms with van der Waals surface area (Å²) in [5, 5.41) is 2.81. The Balaban J connectivity index is 1.52. The third-order valence-electron chi connectivity index (χ3n) is 5.56. The van der Waals surface area contributed by atoms with Crippen LogP contribution < -0.4 is 14.8 Å². The number of sulfonamides is 1. The summed E-state index contributed by atoms with van der Waals surface area (Å²) < 4.78 is 37.4. The second kappa shape index (κ2) is 13.3. The van der Waals surface area contributed by atoms with Gasteiger partial charge in [-0.15, -0.1) is 0 Å². The molecule has 1 aromatic heterocycles. The molecular weight excluding hydrogens is 510 g/mol. The van der Waals surface area contributed by atoms with Crippen LogP contribution in [0.1, 0.15) is 53.0 Å². The number of ether oxygens (including phenoxy) is 2. The average Bonchev–Trinajstić information content (AvgIpc) is 2.92.